The Morgan fingerprint density at radius 3 is 2.56 bits per heavy atom. The third kappa shape index (κ3) is 5.19. The van der Waals surface area contributed by atoms with Crippen LogP contribution in [0.15, 0.2) is 42.5 Å². The summed E-state index contributed by atoms with van der Waals surface area (Å²) in [6.45, 7) is 1.75. The van der Waals surface area contributed by atoms with E-state index in [-0.39, 0.29) is 18.7 Å². The van der Waals surface area contributed by atoms with Gasteiger partial charge in [0.05, 0.1) is 10.7 Å². The summed E-state index contributed by atoms with van der Waals surface area (Å²) >= 11 is 12.4. The highest BCUT2D eigenvalue weighted by atomic mass is 35.5. The highest BCUT2D eigenvalue weighted by Crippen LogP contribution is 2.33. The molecule has 32 heavy (non-hydrogen) atoms. The molecule has 164 valence electrons. The summed E-state index contributed by atoms with van der Waals surface area (Å²) in [6, 6.07) is 12.0. The van der Waals surface area contributed by atoms with Gasteiger partial charge >= 0.3 is 5.97 Å². The SMILES string of the molecule is CCc1c(C(=O)O)nc(-c2ccc(Cl)cc2Cl)n1-c1ccc(C#CCCO[N+](=O)[O-])cc1. The van der Waals surface area contributed by atoms with E-state index in [1.54, 1.807) is 47.0 Å². The minimum absolute atomic E-state index is 0.0526. The third-order valence-corrected chi connectivity index (χ3v) is 5.01. The van der Waals surface area contributed by atoms with E-state index in [4.69, 9.17) is 23.2 Å². The van der Waals surface area contributed by atoms with Crippen LogP contribution in [-0.2, 0) is 11.3 Å². The van der Waals surface area contributed by atoms with Crippen molar-refractivity contribution in [2.45, 2.75) is 19.8 Å². The standard InChI is InChI=1S/C22H17Cl2N3O5/c1-2-19-20(22(28)29)25-21(17-11-8-15(23)13-18(17)24)26(19)16-9-6-14(7-10-16)5-3-4-12-32-27(30)31/h6-11,13H,2,4,12H2,1H3,(H,28,29). The zero-order valence-corrected chi connectivity index (χ0v) is 18.4. The average Bonchev–Trinajstić information content (AvgIpc) is 3.13. The molecule has 0 atom stereocenters. The monoisotopic (exact) mass is 473 g/mol. The summed E-state index contributed by atoms with van der Waals surface area (Å²) < 4.78 is 1.75. The van der Waals surface area contributed by atoms with Gasteiger partial charge in [0.1, 0.15) is 12.4 Å². The molecule has 1 aromatic heterocycles. The average molecular weight is 474 g/mol. The smallest absolute Gasteiger partial charge is 0.356 e. The van der Waals surface area contributed by atoms with Crippen molar-refractivity contribution in [2.24, 2.45) is 0 Å². The quantitative estimate of drug-likeness (QED) is 0.222. The van der Waals surface area contributed by atoms with Gasteiger partial charge in [-0.25, -0.2) is 9.78 Å². The summed E-state index contributed by atoms with van der Waals surface area (Å²) in [6.07, 6.45) is 0.642. The van der Waals surface area contributed by atoms with Crippen LogP contribution in [0.2, 0.25) is 10.0 Å². The van der Waals surface area contributed by atoms with Gasteiger partial charge in [0, 0.05) is 28.3 Å². The summed E-state index contributed by atoms with van der Waals surface area (Å²) in [5.41, 5.74) is 2.40. The Morgan fingerprint density at radius 1 is 1.25 bits per heavy atom. The summed E-state index contributed by atoms with van der Waals surface area (Å²) in [5, 5.41) is 19.8. The van der Waals surface area contributed by atoms with Crippen molar-refractivity contribution >= 4 is 29.2 Å². The topological polar surface area (TPSA) is 107 Å². The fourth-order valence-electron chi connectivity index (χ4n) is 3.11. The predicted molar refractivity (Wildman–Crippen MR) is 120 cm³/mol. The highest BCUT2D eigenvalue weighted by molar-refractivity contribution is 6.36. The van der Waals surface area contributed by atoms with Crippen molar-refractivity contribution < 1.29 is 19.8 Å². The van der Waals surface area contributed by atoms with Crippen LogP contribution in [0.5, 0.6) is 0 Å². The van der Waals surface area contributed by atoms with Gasteiger partial charge in [-0.1, -0.05) is 42.0 Å². The molecule has 0 aliphatic rings. The number of halogens is 2. The molecule has 1 heterocycles. The van der Waals surface area contributed by atoms with E-state index in [0.29, 0.717) is 44.8 Å². The van der Waals surface area contributed by atoms with Gasteiger partial charge in [0.2, 0.25) is 0 Å². The molecule has 0 aliphatic carbocycles. The Bertz CT molecular complexity index is 1230. The van der Waals surface area contributed by atoms with Crippen LogP contribution in [0, 0.1) is 22.0 Å². The molecule has 0 saturated carbocycles. The first-order valence-electron chi connectivity index (χ1n) is 9.48. The van der Waals surface area contributed by atoms with E-state index in [1.807, 2.05) is 6.92 Å². The molecule has 0 radical (unpaired) electrons. The first-order valence-corrected chi connectivity index (χ1v) is 10.2. The number of carboxylic acids is 1. The third-order valence-electron chi connectivity index (χ3n) is 4.46. The Balaban J connectivity index is 2.02. The largest absolute Gasteiger partial charge is 0.476 e. The molecule has 10 heteroatoms. The normalized spacial score (nSPS) is 10.3. The lowest BCUT2D eigenvalue weighted by Crippen LogP contribution is -2.06. The Morgan fingerprint density at radius 2 is 1.97 bits per heavy atom. The number of aromatic nitrogens is 2. The number of carbonyl (C=O) groups is 1. The van der Waals surface area contributed by atoms with Crippen LogP contribution in [0.1, 0.15) is 35.1 Å². The molecule has 0 spiro atoms. The number of carboxylic acid groups (broad SMARTS) is 1. The molecule has 3 rings (SSSR count). The number of benzene rings is 2. The molecule has 3 aromatic rings. The minimum atomic E-state index is -1.13. The van der Waals surface area contributed by atoms with E-state index in [9.17, 15) is 20.0 Å². The summed E-state index contributed by atoms with van der Waals surface area (Å²) in [7, 11) is 0. The molecule has 0 fully saturated rings. The lowest BCUT2D eigenvalue weighted by atomic mass is 10.1. The van der Waals surface area contributed by atoms with Crippen molar-refractivity contribution in [3.8, 4) is 28.9 Å². The van der Waals surface area contributed by atoms with Crippen molar-refractivity contribution in [3.63, 3.8) is 0 Å². The molecule has 0 bridgehead atoms. The summed E-state index contributed by atoms with van der Waals surface area (Å²) in [4.78, 5) is 30.5. The fraction of sp³-hybridized carbons (Fsp3) is 0.182. The van der Waals surface area contributed by atoms with Gasteiger partial charge in [-0.05, 0) is 48.9 Å². The van der Waals surface area contributed by atoms with Crippen molar-refractivity contribution in [3.05, 3.63) is 79.6 Å². The van der Waals surface area contributed by atoms with Crippen LogP contribution < -0.4 is 0 Å². The van der Waals surface area contributed by atoms with Crippen molar-refractivity contribution in [1.82, 2.24) is 9.55 Å². The maximum Gasteiger partial charge on any atom is 0.356 e. The van der Waals surface area contributed by atoms with Gasteiger partial charge in [-0.3, -0.25) is 4.57 Å². The van der Waals surface area contributed by atoms with Crippen LogP contribution in [-0.4, -0.2) is 32.3 Å². The zero-order chi connectivity index (χ0) is 23.3. The number of aromatic carboxylic acids is 1. The molecule has 8 nitrogen and oxygen atoms in total. The van der Waals surface area contributed by atoms with Crippen LogP contribution in [0.3, 0.4) is 0 Å². The second-order valence-corrected chi connectivity index (χ2v) is 7.35. The van der Waals surface area contributed by atoms with Gasteiger partial charge in [-0.15, -0.1) is 10.1 Å². The lowest BCUT2D eigenvalue weighted by Gasteiger charge is -2.13. The lowest BCUT2D eigenvalue weighted by molar-refractivity contribution is -0.757. The highest BCUT2D eigenvalue weighted by Gasteiger charge is 2.24. The number of hydrogen-bond acceptors (Lipinski definition) is 5. The van der Waals surface area contributed by atoms with Gasteiger partial charge in [0.25, 0.3) is 5.09 Å². The van der Waals surface area contributed by atoms with E-state index in [1.165, 1.54) is 0 Å². The zero-order valence-electron chi connectivity index (χ0n) is 16.8. The number of rotatable bonds is 7. The molecular formula is C22H17Cl2N3O5. The number of hydrogen-bond donors (Lipinski definition) is 1. The molecule has 1 N–H and O–H groups in total. The summed E-state index contributed by atoms with van der Waals surface area (Å²) in [5.74, 6) is 4.96. The maximum absolute atomic E-state index is 11.8. The molecule has 0 amide bonds. The molecule has 0 unspecified atom stereocenters. The van der Waals surface area contributed by atoms with E-state index < -0.39 is 11.1 Å². The number of nitrogens with zero attached hydrogens (tertiary/aromatic N) is 3. The van der Waals surface area contributed by atoms with E-state index in [2.05, 4.69) is 21.7 Å². The second kappa shape index (κ2) is 10.2. The van der Waals surface area contributed by atoms with Crippen molar-refractivity contribution in [2.75, 3.05) is 6.61 Å². The molecule has 0 aliphatic heterocycles. The predicted octanol–water partition coefficient (Wildman–Crippen LogP) is 5.06. The molecular weight excluding hydrogens is 457 g/mol. The molecule has 0 saturated heterocycles. The van der Waals surface area contributed by atoms with E-state index in [0.717, 1.165) is 0 Å². The fourth-order valence-corrected chi connectivity index (χ4v) is 3.60. The Kier molecular flexibility index (Phi) is 7.36. The van der Waals surface area contributed by atoms with Crippen LogP contribution in [0.25, 0.3) is 17.1 Å². The minimum Gasteiger partial charge on any atom is -0.476 e. The van der Waals surface area contributed by atoms with Crippen molar-refractivity contribution in [1.29, 1.82) is 0 Å². The Labute approximate surface area is 193 Å². The first-order chi connectivity index (χ1) is 15.3. The van der Waals surface area contributed by atoms with Crippen LogP contribution in [0.4, 0.5) is 0 Å². The van der Waals surface area contributed by atoms with Crippen LogP contribution >= 0.6 is 23.2 Å². The second-order valence-electron chi connectivity index (χ2n) is 6.50. The van der Waals surface area contributed by atoms with Gasteiger partial charge < -0.3 is 9.94 Å². The van der Waals surface area contributed by atoms with Gasteiger partial charge in [0.15, 0.2) is 5.69 Å². The molecule has 2 aromatic carbocycles. The number of imidazole rings is 1. The first kappa shape index (κ1) is 23.1. The van der Waals surface area contributed by atoms with Gasteiger partial charge in [-0.2, -0.15) is 0 Å². The maximum atomic E-state index is 11.8. The Hall–Kier alpha value is -3.54. The van der Waals surface area contributed by atoms with E-state index >= 15 is 0 Å².